The highest BCUT2D eigenvalue weighted by molar-refractivity contribution is 6.07. The summed E-state index contributed by atoms with van der Waals surface area (Å²) in [5, 5.41) is 0. The van der Waals surface area contributed by atoms with Crippen LogP contribution < -0.4 is 0 Å². The summed E-state index contributed by atoms with van der Waals surface area (Å²) in [7, 11) is 0. The van der Waals surface area contributed by atoms with Crippen LogP contribution in [0.5, 0.6) is 0 Å². The molecule has 0 aliphatic rings. The molecule has 0 aliphatic carbocycles. The van der Waals surface area contributed by atoms with Gasteiger partial charge in [-0.15, -0.1) is 0 Å². The van der Waals surface area contributed by atoms with Crippen molar-refractivity contribution in [2.45, 2.75) is 34.1 Å². The molecule has 0 N–H and O–H groups in total. The largest absolute Gasteiger partial charge is 0.300 e. The van der Waals surface area contributed by atoms with Crippen LogP contribution in [0.1, 0.15) is 40.4 Å². The van der Waals surface area contributed by atoms with E-state index in [1.807, 2.05) is 32.9 Å². The Bertz CT molecular complexity index is 394. The highest BCUT2D eigenvalue weighted by Gasteiger charge is 2.10. The lowest BCUT2D eigenvalue weighted by atomic mass is 9.97. The van der Waals surface area contributed by atoms with Crippen LogP contribution in [0, 0.1) is 20.8 Å². The van der Waals surface area contributed by atoms with Crippen LogP contribution in [0.2, 0.25) is 0 Å². The van der Waals surface area contributed by atoms with Gasteiger partial charge in [-0.2, -0.15) is 0 Å². The maximum absolute atomic E-state index is 11.7. The summed E-state index contributed by atoms with van der Waals surface area (Å²) in [5.74, 6) is -0.176. The average Bonchev–Trinajstić information content (AvgIpc) is 2.12. The third-order valence-electron chi connectivity index (χ3n) is 2.66. The van der Waals surface area contributed by atoms with E-state index in [2.05, 4.69) is 0 Å². The minimum absolute atomic E-state index is 0.00193. The zero-order valence-electron chi connectivity index (χ0n) is 9.68. The molecule has 0 unspecified atom stereocenters. The summed E-state index contributed by atoms with van der Waals surface area (Å²) in [5.41, 5.74) is 4.05. The van der Waals surface area contributed by atoms with Crippen molar-refractivity contribution >= 4 is 11.6 Å². The van der Waals surface area contributed by atoms with Gasteiger partial charge in [0.05, 0.1) is 6.42 Å². The molecule has 0 saturated heterocycles. The first-order chi connectivity index (χ1) is 6.91. The Kier molecular flexibility index (Phi) is 3.40. The zero-order chi connectivity index (χ0) is 11.6. The third-order valence-corrected chi connectivity index (χ3v) is 2.66. The first-order valence-corrected chi connectivity index (χ1v) is 5.02. The minimum atomic E-state index is -0.0892. The maximum Gasteiger partial charge on any atom is 0.170 e. The van der Waals surface area contributed by atoms with E-state index in [-0.39, 0.29) is 18.0 Å². The fraction of sp³-hybridized carbons (Fsp3) is 0.385. The molecule has 15 heavy (non-hydrogen) atoms. The maximum atomic E-state index is 11.7. The molecule has 2 nitrogen and oxygen atoms in total. The summed E-state index contributed by atoms with van der Waals surface area (Å²) < 4.78 is 0. The molecular weight excluding hydrogens is 188 g/mol. The number of hydrogen-bond acceptors (Lipinski definition) is 2. The summed E-state index contributed by atoms with van der Waals surface area (Å²) in [6, 6.07) is 3.71. The van der Waals surface area contributed by atoms with Gasteiger partial charge in [-0.1, -0.05) is 0 Å². The van der Waals surface area contributed by atoms with E-state index in [1.165, 1.54) is 12.5 Å². The summed E-state index contributed by atoms with van der Waals surface area (Å²) in [6.07, 6.45) is 0.00193. The van der Waals surface area contributed by atoms with Crippen LogP contribution in [-0.2, 0) is 4.79 Å². The van der Waals surface area contributed by atoms with Crippen molar-refractivity contribution in [2.24, 2.45) is 0 Å². The second-order valence-electron chi connectivity index (χ2n) is 4.04. The number of aryl methyl sites for hydroxylation is 2. The number of benzene rings is 1. The predicted octanol–water partition coefficient (Wildman–Crippen LogP) is 2.77. The van der Waals surface area contributed by atoms with Crippen LogP contribution in [0.3, 0.4) is 0 Å². The number of carbonyl (C=O) groups is 2. The van der Waals surface area contributed by atoms with Crippen molar-refractivity contribution in [2.75, 3.05) is 0 Å². The molecule has 1 aromatic carbocycles. The number of carbonyl (C=O) groups excluding carboxylic acids is 2. The molecule has 2 heteroatoms. The zero-order valence-corrected chi connectivity index (χ0v) is 9.68. The van der Waals surface area contributed by atoms with Crippen molar-refractivity contribution in [1.29, 1.82) is 0 Å². The second kappa shape index (κ2) is 4.39. The fourth-order valence-corrected chi connectivity index (χ4v) is 1.52. The number of rotatable bonds is 3. The summed E-state index contributed by atoms with van der Waals surface area (Å²) >= 11 is 0. The molecule has 0 atom stereocenters. The van der Waals surface area contributed by atoms with E-state index in [9.17, 15) is 9.59 Å². The van der Waals surface area contributed by atoms with Crippen molar-refractivity contribution in [3.63, 3.8) is 0 Å². The molecule has 0 aliphatic heterocycles. The van der Waals surface area contributed by atoms with Crippen LogP contribution >= 0.6 is 0 Å². The van der Waals surface area contributed by atoms with Gasteiger partial charge in [0.2, 0.25) is 0 Å². The minimum Gasteiger partial charge on any atom is -0.300 e. The Balaban J connectivity index is 3.06. The molecule has 0 bridgehead atoms. The standard InChI is InChI=1S/C13H16O2/c1-8-5-12(6-9(2)11(8)4)13(15)7-10(3)14/h5-6H,7H2,1-4H3. The van der Waals surface area contributed by atoms with Gasteiger partial charge in [-0.25, -0.2) is 0 Å². The Hall–Kier alpha value is -1.44. The molecule has 0 radical (unpaired) electrons. The van der Waals surface area contributed by atoms with Crippen LogP contribution in [0.15, 0.2) is 12.1 Å². The monoisotopic (exact) mass is 204 g/mol. The van der Waals surface area contributed by atoms with Crippen molar-refractivity contribution in [1.82, 2.24) is 0 Å². The van der Waals surface area contributed by atoms with E-state index in [0.29, 0.717) is 5.56 Å². The molecule has 1 aromatic rings. The molecule has 80 valence electrons. The molecule has 0 amide bonds. The number of hydrogen-bond donors (Lipinski definition) is 0. The third kappa shape index (κ3) is 2.75. The van der Waals surface area contributed by atoms with E-state index in [0.717, 1.165) is 11.1 Å². The fourth-order valence-electron chi connectivity index (χ4n) is 1.52. The van der Waals surface area contributed by atoms with Gasteiger partial charge in [0.1, 0.15) is 5.78 Å². The topological polar surface area (TPSA) is 34.1 Å². The van der Waals surface area contributed by atoms with Gasteiger partial charge < -0.3 is 0 Å². The number of Topliss-reactive ketones (excluding diaryl/α,β-unsaturated/α-hetero) is 2. The van der Waals surface area contributed by atoms with Gasteiger partial charge in [0.25, 0.3) is 0 Å². The van der Waals surface area contributed by atoms with E-state index in [1.54, 1.807) is 0 Å². The quantitative estimate of drug-likeness (QED) is 0.560. The molecule has 0 saturated carbocycles. The first kappa shape index (κ1) is 11.6. The lowest BCUT2D eigenvalue weighted by molar-refractivity contribution is -0.116. The normalized spacial score (nSPS) is 10.1. The Morgan fingerprint density at radius 2 is 1.53 bits per heavy atom. The van der Waals surface area contributed by atoms with E-state index < -0.39 is 0 Å². The van der Waals surface area contributed by atoms with Crippen LogP contribution in [0.4, 0.5) is 0 Å². The molecule has 0 spiro atoms. The molecule has 0 heterocycles. The molecule has 1 rings (SSSR count). The van der Waals surface area contributed by atoms with Gasteiger partial charge in [0, 0.05) is 5.56 Å². The van der Waals surface area contributed by atoms with Gasteiger partial charge in [0.15, 0.2) is 5.78 Å². The molecule has 0 aromatic heterocycles. The highest BCUT2D eigenvalue weighted by atomic mass is 16.1. The first-order valence-electron chi connectivity index (χ1n) is 5.02. The van der Waals surface area contributed by atoms with Crippen LogP contribution in [-0.4, -0.2) is 11.6 Å². The van der Waals surface area contributed by atoms with Crippen LogP contribution in [0.25, 0.3) is 0 Å². The Morgan fingerprint density at radius 3 is 1.93 bits per heavy atom. The second-order valence-corrected chi connectivity index (χ2v) is 4.04. The van der Waals surface area contributed by atoms with Gasteiger partial charge >= 0.3 is 0 Å². The molecular formula is C13H16O2. The Labute approximate surface area is 90.3 Å². The average molecular weight is 204 g/mol. The van der Waals surface area contributed by atoms with Crippen molar-refractivity contribution in [3.05, 3.63) is 34.4 Å². The van der Waals surface area contributed by atoms with Gasteiger partial charge in [-0.05, 0) is 56.5 Å². The van der Waals surface area contributed by atoms with E-state index >= 15 is 0 Å². The van der Waals surface area contributed by atoms with Crippen molar-refractivity contribution < 1.29 is 9.59 Å². The highest BCUT2D eigenvalue weighted by Crippen LogP contribution is 2.16. The van der Waals surface area contributed by atoms with E-state index in [4.69, 9.17) is 0 Å². The van der Waals surface area contributed by atoms with Gasteiger partial charge in [-0.3, -0.25) is 9.59 Å². The lowest BCUT2D eigenvalue weighted by Crippen LogP contribution is -2.06. The smallest absolute Gasteiger partial charge is 0.170 e. The lowest BCUT2D eigenvalue weighted by Gasteiger charge is -2.07. The number of ketones is 2. The SMILES string of the molecule is CC(=O)CC(=O)c1cc(C)c(C)c(C)c1. The predicted molar refractivity (Wildman–Crippen MR) is 60.3 cm³/mol. The Morgan fingerprint density at radius 1 is 1.07 bits per heavy atom. The summed E-state index contributed by atoms with van der Waals surface area (Å²) in [6.45, 7) is 7.43. The summed E-state index contributed by atoms with van der Waals surface area (Å²) in [4.78, 5) is 22.5. The molecule has 0 fully saturated rings. The van der Waals surface area contributed by atoms with Crippen molar-refractivity contribution in [3.8, 4) is 0 Å².